The Hall–Kier alpha value is -3.03. The van der Waals surface area contributed by atoms with Gasteiger partial charge in [-0.05, 0) is 18.2 Å². The van der Waals surface area contributed by atoms with Crippen molar-refractivity contribution >= 4 is 23.2 Å². The second-order valence-electron chi connectivity index (χ2n) is 3.92. The average Bonchev–Trinajstić information content (AvgIpc) is 2.48. The molecule has 0 aliphatic rings. The topological polar surface area (TPSA) is 94.4 Å². The third-order valence-corrected chi connectivity index (χ3v) is 2.59. The third kappa shape index (κ3) is 3.11. The van der Waals surface area contributed by atoms with Crippen LogP contribution in [0, 0.1) is 15.9 Å². The number of hydrogen-bond donors (Lipinski definition) is 1. The standard InChI is InChI=1S/C13H10FN3O4/c1-21-13(18)10-6-7-11(17(19)20)12(16-10)15-9-5-3-2-4-8(9)14/h2-7H,1H3,(H,15,16). The smallest absolute Gasteiger partial charge is 0.356 e. The molecule has 0 unspecified atom stereocenters. The van der Waals surface area contributed by atoms with Crippen LogP contribution in [0.4, 0.5) is 21.6 Å². The minimum atomic E-state index is -0.749. The number of ether oxygens (including phenoxy) is 1. The van der Waals surface area contributed by atoms with Crippen LogP contribution in [0.25, 0.3) is 0 Å². The highest BCUT2D eigenvalue weighted by atomic mass is 19.1. The van der Waals surface area contributed by atoms with Crippen LogP contribution in [0.2, 0.25) is 0 Å². The lowest BCUT2D eigenvalue weighted by molar-refractivity contribution is -0.384. The number of pyridine rings is 1. The Bertz CT molecular complexity index is 706. The normalized spacial score (nSPS) is 10.0. The maximum Gasteiger partial charge on any atom is 0.356 e. The monoisotopic (exact) mass is 291 g/mol. The Morgan fingerprint density at radius 1 is 1.33 bits per heavy atom. The molecule has 108 valence electrons. The van der Waals surface area contributed by atoms with Crippen molar-refractivity contribution in [3.63, 3.8) is 0 Å². The Morgan fingerprint density at radius 2 is 2.05 bits per heavy atom. The van der Waals surface area contributed by atoms with Gasteiger partial charge in [0.1, 0.15) is 5.82 Å². The molecule has 1 heterocycles. The molecule has 0 aliphatic carbocycles. The summed E-state index contributed by atoms with van der Waals surface area (Å²) >= 11 is 0. The number of methoxy groups -OCH3 is 1. The van der Waals surface area contributed by atoms with E-state index in [4.69, 9.17) is 0 Å². The number of para-hydroxylation sites is 1. The quantitative estimate of drug-likeness (QED) is 0.528. The Labute approximate surface area is 118 Å². The first-order chi connectivity index (χ1) is 10.0. The number of rotatable bonds is 4. The van der Waals surface area contributed by atoms with E-state index in [9.17, 15) is 19.3 Å². The van der Waals surface area contributed by atoms with E-state index in [0.29, 0.717) is 0 Å². The number of nitrogens with zero attached hydrogens (tertiary/aromatic N) is 2. The fourth-order valence-electron chi connectivity index (χ4n) is 1.60. The zero-order chi connectivity index (χ0) is 15.4. The predicted octanol–water partition coefficient (Wildman–Crippen LogP) is 2.66. The number of carbonyl (C=O) groups excluding carboxylic acids is 1. The molecule has 0 radical (unpaired) electrons. The second kappa shape index (κ2) is 5.95. The average molecular weight is 291 g/mol. The molecule has 0 amide bonds. The van der Waals surface area contributed by atoms with Crippen LogP contribution < -0.4 is 5.32 Å². The van der Waals surface area contributed by atoms with E-state index in [0.717, 1.165) is 19.2 Å². The lowest BCUT2D eigenvalue weighted by Crippen LogP contribution is -2.08. The minimum absolute atomic E-state index is 0.00937. The van der Waals surface area contributed by atoms with Crippen LogP contribution in [-0.4, -0.2) is 23.0 Å². The number of nitro groups is 1. The maximum absolute atomic E-state index is 13.6. The summed E-state index contributed by atoms with van der Waals surface area (Å²) in [4.78, 5) is 25.5. The Balaban J connectivity index is 2.46. The van der Waals surface area contributed by atoms with E-state index in [-0.39, 0.29) is 22.9 Å². The molecule has 1 N–H and O–H groups in total. The van der Waals surface area contributed by atoms with Gasteiger partial charge in [-0.15, -0.1) is 0 Å². The lowest BCUT2D eigenvalue weighted by Gasteiger charge is -2.08. The largest absolute Gasteiger partial charge is 0.464 e. The maximum atomic E-state index is 13.6. The van der Waals surface area contributed by atoms with E-state index in [2.05, 4.69) is 15.0 Å². The number of benzene rings is 1. The molecular formula is C13H10FN3O4. The molecular weight excluding hydrogens is 281 g/mol. The van der Waals surface area contributed by atoms with Crippen molar-refractivity contribution in [1.82, 2.24) is 4.98 Å². The molecule has 0 saturated heterocycles. The molecule has 8 heteroatoms. The van der Waals surface area contributed by atoms with Gasteiger partial charge >= 0.3 is 11.7 Å². The van der Waals surface area contributed by atoms with Gasteiger partial charge in [0.05, 0.1) is 17.7 Å². The number of hydrogen-bond acceptors (Lipinski definition) is 6. The van der Waals surface area contributed by atoms with Gasteiger partial charge in [0.15, 0.2) is 5.69 Å². The van der Waals surface area contributed by atoms with Gasteiger partial charge in [0, 0.05) is 6.07 Å². The van der Waals surface area contributed by atoms with Crippen LogP contribution in [0.3, 0.4) is 0 Å². The van der Waals surface area contributed by atoms with Crippen molar-refractivity contribution in [3.8, 4) is 0 Å². The van der Waals surface area contributed by atoms with Gasteiger partial charge in [-0.1, -0.05) is 12.1 Å². The summed E-state index contributed by atoms with van der Waals surface area (Å²) < 4.78 is 18.1. The number of nitrogens with one attached hydrogen (secondary N) is 1. The number of esters is 1. The summed E-state index contributed by atoms with van der Waals surface area (Å²) in [6.07, 6.45) is 0. The first-order valence-corrected chi connectivity index (χ1v) is 5.78. The predicted molar refractivity (Wildman–Crippen MR) is 71.9 cm³/mol. The van der Waals surface area contributed by atoms with Crippen LogP contribution in [0.1, 0.15) is 10.5 Å². The van der Waals surface area contributed by atoms with Crippen molar-refractivity contribution in [1.29, 1.82) is 0 Å². The summed E-state index contributed by atoms with van der Waals surface area (Å²) in [5, 5.41) is 13.5. The first-order valence-electron chi connectivity index (χ1n) is 5.78. The molecule has 0 atom stereocenters. The molecule has 0 aliphatic heterocycles. The third-order valence-electron chi connectivity index (χ3n) is 2.59. The zero-order valence-corrected chi connectivity index (χ0v) is 10.9. The van der Waals surface area contributed by atoms with Gasteiger partial charge in [-0.3, -0.25) is 10.1 Å². The van der Waals surface area contributed by atoms with Gasteiger partial charge < -0.3 is 10.1 Å². The summed E-state index contributed by atoms with van der Waals surface area (Å²) in [6.45, 7) is 0. The number of anilines is 2. The first kappa shape index (κ1) is 14.4. The van der Waals surface area contributed by atoms with E-state index < -0.39 is 16.7 Å². The molecule has 0 saturated carbocycles. The summed E-state index contributed by atoms with van der Waals surface area (Å²) in [5.41, 5.74) is -0.497. The van der Waals surface area contributed by atoms with Crippen molar-refractivity contribution in [2.75, 3.05) is 12.4 Å². The van der Waals surface area contributed by atoms with Gasteiger partial charge in [-0.25, -0.2) is 14.2 Å². The summed E-state index contributed by atoms with van der Waals surface area (Å²) in [6, 6.07) is 7.89. The number of halogens is 1. The summed E-state index contributed by atoms with van der Waals surface area (Å²) in [7, 11) is 1.16. The van der Waals surface area contributed by atoms with Gasteiger partial charge in [-0.2, -0.15) is 0 Å². The lowest BCUT2D eigenvalue weighted by atomic mass is 10.2. The van der Waals surface area contributed by atoms with E-state index >= 15 is 0 Å². The molecule has 21 heavy (non-hydrogen) atoms. The van der Waals surface area contributed by atoms with Gasteiger partial charge in [0.2, 0.25) is 5.82 Å². The van der Waals surface area contributed by atoms with Crippen LogP contribution >= 0.6 is 0 Å². The molecule has 7 nitrogen and oxygen atoms in total. The van der Waals surface area contributed by atoms with Crippen LogP contribution in [-0.2, 0) is 4.74 Å². The SMILES string of the molecule is COC(=O)c1ccc([N+](=O)[O-])c(Nc2ccccc2F)n1. The van der Waals surface area contributed by atoms with Crippen LogP contribution in [0.5, 0.6) is 0 Å². The van der Waals surface area contributed by atoms with E-state index in [1.54, 1.807) is 6.07 Å². The molecule has 0 bridgehead atoms. The van der Waals surface area contributed by atoms with Crippen molar-refractivity contribution < 1.29 is 18.8 Å². The highest BCUT2D eigenvalue weighted by Crippen LogP contribution is 2.27. The molecule has 0 spiro atoms. The number of aromatic nitrogens is 1. The van der Waals surface area contributed by atoms with Crippen molar-refractivity contribution in [2.45, 2.75) is 0 Å². The highest BCUT2D eigenvalue weighted by Gasteiger charge is 2.20. The molecule has 0 fully saturated rings. The fraction of sp³-hybridized carbons (Fsp3) is 0.0769. The molecule has 1 aromatic heterocycles. The second-order valence-corrected chi connectivity index (χ2v) is 3.92. The highest BCUT2D eigenvalue weighted by molar-refractivity contribution is 5.88. The Kier molecular flexibility index (Phi) is 4.07. The fourth-order valence-corrected chi connectivity index (χ4v) is 1.60. The molecule has 2 rings (SSSR count). The zero-order valence-electron chi connectivity index (χ0n) is 10.9. The van der Waals surface area contributed by atoms with Crippen molar-refractivity contribution in [2.24, 2.45) is 0 Å². The number of carbonyl (C=O) groups is 1. The molecule has 1 aromatic carbocycles. The van der Waals surface area contributed by atoms with Crippen LogP contribution in [0.15, 0.2) is 36.4 Å². The Morgan fingerprint density at radius 3 is 2.67 bits per heavy atom. The van der Waals surface area contributed by atoms with E-state index in [1.165, 1.54) is 18.2 Å². The van der Waals surface area contributed by atoms with E-state index in [1.807, 2.05) is 0 Å². The minimum Gasteiger partial charge on any atom is -0.464 e. The summed E-state index contributed by atoms with van der Waals surface area (Å²) in [5.74, 6) is -1.59. The molecule has 2 aromatic rings. The van der Waals surface area contributed by atoms with Gasteiger partial charge in [0.25, 0.3) is 0 Å². The van der Waals surface area contributed by atoms with Crippen molar-refractivity contribution in [3.05, 3.63) is 58.0 Å².